The first-order valence-electron chi connectivity index (χ1n) is 6.10. The quantitative estimate of drug-likeness (QED) is 0.518. The second-order valence-corrected chi connectivity index (χ2v) is 7.43. The van der Waals surface area contributed by atoms with Gasteiger partial charge in [-0.3, -0.25) is 0 Å². The summed E-state index contributed by atoms with van der Waals surface area (Å²) in [5.41, 5.74) is 1.42. The summed E-state index contributed by atoms with van der Waals surface area (Å²) in [5.74, 6) is 0.924. The minimum absolute atomic E-state index is 0.440. The lowest BCUT2D eigenvalue weighted by Crippen LogP contribution is -2.44. The average Bonchev–Trinajstić information content (AvgIpc) is 2.28. The van der Waals surface area contributed by atoms with Crippen molar-refractivity contribution in [2.45, 2.75) is 67.7 Å². The zero-order valence-corrected chi connectivity index (χ0v) is 11.2. The molecule has 1 atom stereocenters. The van der Waals surface area contributed by atoms with E-state index >= 15 is 0 Å². The van der Waals surface area contributed by atoms with E-state index in [0.717, 1.165) is 5.92 Å². The summed E-state index contributed by atoms with van der Waals surface area (Å²) in [7, 11) is 0. The lowest BCUT2D eigenvalue weighted by molar-refractivity contribution is -0.0285. The molecule has 1 aliphatic carbocycles. The summed E-state index contributed by atoms with van der Waals surface area (Å²) >= 11 is 0. The fourth-order valence-electron chi connectivity index (χ4n) is 3.78. The predicted octanol–water partition coefficient (Wildman–Crippen LogP) is 4.89. The first-order chi connectivity index (χ1) is 6.10. The van der Waals surface area contributed by atoms with Crippen molar-refractivity contribution in [2.75, 3.05) is 0 Å². The lowest BCUT2D eigenvalue weighted by Gasteiger charge is -2.52. The van der Waals surface area contributed by atoms with Crippen LogP contribution in [0, 0.1) is 22.2 Å². The summed E-state index contributed by atoms with van der Waals surface area (Å²) in [6, 6.07) is 0. The molecule has 0 spiro atoms. The third kappa shape index (κ3) is 1.73. The maximum atomic E-state index is 2.43. The van der Waals surface area contributed by atoms with E-state index in [1.165, 1.54) is 19.3 Å². The topological polar surface area (TPSA) is 0 Å². The van der Waals surface area contributed by atoms with Gasteiger partial charge in [0, 0.05) is 0 Å². The van der Waals surface area contributed by atoms with Crippen LogP contribution in [0.1, 0.15) is 67.7 Å². The first-order valence-corrected chi connectivity index (χ1v) is 6.10. The molecular formula is C14H28. The van der Waals surface area contributed by atoms with Gasteiger partial charge >= 0.3 is 0 Å². The Morgan fingerprint density at radius 1 is 0.929 bits per heavy atom. The molecule has 0 amide bonds. The largest absolute Gasteiger partial charge is 0.0625 e. The van der Waals surface area contributed by atoms with E-state index in [9.17, 15) is 0 Å². The molecule has 0 radical (unpaired) electrons. The van der Waals surface area contributed by atoms with Gasteiger partial charge in [0.15, 0.2) is 0 Å². The summed E-state index contributed by atoms with van der Waals surface area (Å²) in [4.78, 5) is 0. The number of rotatable bonds is 0. The number of hydrogen-bond donors (Lipinski definition) is 0. The van der Waals surface area contributed by atoms with Crippen LogP contribution in [-0.2, 0) is 0 Å². The van der Waals surface area contributed by atoms with Crippen LogP contribution >= 0.6 is 0 Å². The predicted molar refractivity (Wildman–Crippen MR) is 64.4 cm³/mol. The molecule has 0 aromatic rings. The Kier molecular flexibility index (Phi) is 2.80. The van der Waals surface area contributed by atoms with Gasteiger partial charge in [0.05, 0.1) is 0 Å². The minimum atomic E-state index is 0.440. The molecular weight excluding hydrogens is 168 g/mol. The van der Waals surface area contributed by atoms with Crippen LogP contribution < -0.4 is 0 Å². The third-order valence-corrected chi connectivity index (χ3v) is 4.63. The standard InChI is InChI=1S/C14H28/c1-11-8-9-14(10-11,12(2,3)4)13(5,6)7/h11H,8-10H2,1-7H3. The Morgan fingerprint density at radius 3 is 1.50 bits per heavy atom. The third-order valence-electron chi connectivity index (χ3n) is 4.63. The fourth-order valence-corrected chi connectivity index (χ4v) is 3.78. The fraction of sp³-hybridized carbons (Fsp3) is 1.00. The van der Waals surface area contributed by atoms with Crippen molar-refractivity contribution in [1.29, 1.82) is 0 Å². The van der Waals surface area contributed by atoms with Gasteiger partial charge in [-0.15, -0.1) is 0 Å². The Bertz CT molecular complexity index is 185. The highest BCUT2D eigenvalue weighted by Gasteiger charge is 2.53. The zero-order chi connectivity index (χ0) is 11.2. The van der Waals surface area contributed by atoms with Crippen molar-refractivity contribution in [3.05, 3.63) is 0 Å². The second-order valence-electron chi connectivity index (χ2n) is 7.43. The molecule has 1 aliphatic rings. The minimum Gasteiger partial charge on any atom is -0.0625 e. The molecule has 1 rings (SSSR count). The highest BCUT2D eigenvalue weighted by Crippen LogP contribution is 2.62. The van der Waals surface area contributed by atoms with Gasteiger partial charge in [0.25, 0.3) is 0 Å². The Labute approximate surface area is 90.5 Å². The van der Waals surface area contributed by atoms with E-state index in [0.29, 0.717) is 16.2 Å². The SMILES string of the molecule is CC1CCC(C(C)(C)C)(C(C)(C)C)C1. The highest BCUT2D eigenvalue weighted by atomic mass is 14.6. The Balaban J connectivity index is 3.05. The van der Waals surface area contributed by atoms with Crippen molar-refractivity contribution >= 4 is 0 Å². The van der Waals surface area contributed by atoms with E-state index in [-0.39, 0.29) is 0 Å². The Hall–Kier alpha value is 0. The van der Waals surface area contributed by atoms with Gasteiger partial charge < -0.3 is 0 Å². The molecule has 14 heavy (non-hydrogen) atoms. The normalized spacial score (nSPS) is 28.1. The highest BCUT2D eigenvalue weighted by molar-refractivity contribution is 5.02. The molecule has 0 heteroatoms. The molecule has 0 aliphatic heterocycles. The van der Waals surface area contributed by atoms with Crippen molar-refractivity contribution in [3.8, 4) is 0 Å². The Morgan fingerprint density at radius 2 is 1.36 bits per heavy atom. The molecule has 0 bridgehead atoms. The van der Waals surface area contributed by atoms with Gasteiger partial charge in [-0.25, -0.2) is 0 Å². The van der Waals surface area contributed by atoms with E-state index in [1.807, 2.05) is 0 Å². The second kappa shape index (κ2) is 3.25. The molecule has 0 aromatic carbocycles. The van der Waals surface area contributed by atoms with E-state index < -0.39 is 0 Å². The van der Waals surface area contributed by atoms with Gasteiger partial charge in [-0.05, 0) is 35.0 Å². The van der Waals surface area contributed by atoms with Gasteiger partial charge in [-0.1, -0.05) is 54.9 Å². The first kappa shape index (κ1) is 12.1. The maximum Gasteiger partial charge on any atom is -0.0198 e. The average molecular weight is 196 g/mol. The molecule has 1 fully saturated rings. The summed E-state index contributed by atoms with van der Waals surface area (Å²) in [6.45, 7) is 17.0. The van der Waals surface area contributed by atoms with E-state index in [4.69, 9.17) is 0 Å². The molecule has 0 aromatic heterocycles. The van der Waals surface area contributed by atoms with E-state index in [1.54, 1.807) is 0 Å². The summed E-state index contributed by atoms with van der Waals surface area (Å²) in [5, 5.41) is 0. The van der Waals surface area contributed by atoms with Gasteiger partial charge in [-0.2, -0.15) is 0 Å². The van der Waals surface area contributed by atoms with Gasteiger partial charge in [0.2, 0.25) is 0 Å². The van der Waals surface area contributed by atoms with E-state index in [2.05, 4.69) is 48.5 Å². The van der Waals surface area contributed by atoms with Crippen LogP contribution in [0.25, 0.3) is 0 Å². The summed E-state index contributed by atoms with van der Waals surface area (Å²) < 4.78 is 0. The maximum absolute atomic E-state index is 2.43. The van der Waals surface area contributed by atoms with Crippen molar-refractivity contribution in [2.24, 2.45) is 22.2 Å². The smallest absolute Gasteiger partial charge is 0.0198 e. The zero-order valence-electron chi connectivity index (χ0n) is 11.2. The molecule has 1 saturated carbocycles. The van der Waals surface area contributed by atoms with Crippen molar-refractivity contribution in [3.63, 3.8) is 0 Å². The molecule has 0 nitrogen and oxygen atoms in total. The van der Waals surface area contributed by atoms with Crippen LogP contribution in [0.3, 0.4) is 0 Å². The molecule has 1 unspecified atom stereocenters. The monoisotopic (exact) mass is 196 g/mol. The summed E-state index contributed by atoms with van der Waals surface area (Å²) in [6.07, 6.45) is 4.26. The van der Waals surface area contributed by atoms with Crippen LogP contribution in [0.15, 0.2) is 0 Å². The van der Waals surface area contributed by atoms with Gasteiger partial charge in [0.1, 0.15) is 0 Å². The van der Waals surface area contributed by atoms with Crippen molar-refractivity contribution < 1.29 is 0 Å². The molecule has 84 valence electrons. The van der Waals surface area contributed by atoms with Crippen LogP contribution in [-0.4, -0.2) is 0 Å². The molecule has 0 N–H and O–H groups in total. The van der Waals surface area contributed by atoms with Crippen LogP contribution in [0.5, 0.6) is 0 Å². The van der Waals surface area contributed by atoms with Crippen LogP contribution in [0.2, 0.25) is 0 Å². The number of hydrogen-bond acceptors (Lipinski definition) is 0. The molecule has 0 saturated heterocycles. The van der Waals surface area contributed by atoms with Crippen molar-refractivity contribution in [1.82, 2.24) is 0 Å². The molecule has 0 heterocycles. The lowest BCUT2D eigenvalue weighted by atomic mass is 9.53. The van der Waals surface area contributed by atoms with Crippen LogP contribution in [0.4, 0.5) is 0 Å².